The summed E-state index contributed by atoms with van der Waals surface area (Å²) in [6.45, 7) is 0. The molecule has 1 amide bonds. The molecule has 3 aromatic rings. The summed E-state index contributed by atoms with van der Waals surface area (Å²) in [7, 11) is 0. The van der Waals surface area contributed by atoms with Crippen LogP contribution in [0.3, 0.4) is 0 Å². The first kappa shape index (κ1) is 20.2. The Morgan fingerprint density at radius 1 is 0.867 bits per heavy atom. The zero-order valence-corrected chi connectivity index (χ0v) is 17.1. The molecule has 0 saturated carbocycles. The summed E-state index contributed by atoms with van der Waals surface area (Å²) in [4.78, 5) is 26.7. The van der Waals surface area contributed by atoms with Gasteiger partial charge in [0.15, 0.2) is 0 Å². The lowest BCUT2D eigenvalue weighted by Gasteiger charge is -2.29. The predicted octanol–water partition coefficient (Wildman–Crippen LogP) is 5.36. The van der Waals surface area contributed by atoms with Crippen LogP contribution < -0.4 is 0 Å². The molecule has 30 heavy (non-hydrogen) atoms. The molecule has 4 nitrogen and oxygen atoms in total. The van der Waals surface area contributed by atoms with Crippen LogP contribution in [-0.2, 0) is 11.2 Å². The molecule has 2 unspecified atom stereocenters. The molecule has 0 aromatic heterocycles. The van der Waals surface area contributed by atoms with Crippen molar-refractivity contribution in [2.45, 2.75) is 31.3 Å². The van der Waals surface area contributed by atoms with Gasteiger partial charge in [0.2, 0.25) is 0 Å². The minimum atomic E-state index is -0.987. The number of carboxylic acids is 1. The van der Waals surface area contributed by atoms with Crippen LogP contribution in [-0.4, -0.2) is 27.9 Å². The lowest BCUT2D eigenvalue weighted by atomic mass is 10.0. The Hall–Kier alpha value is -3.11. The number of hydrogen-bond donors (Lipinski definition) is 1. The van der Waals surface area contributed by atoms with Crippen LogP contribution in [0.2, 0.25) is 5.02 Å². The van der Waals surface area contributed by atoms with Gasteiger partial charge < -0.3 is 10.0 Å². The number of halogens is 1. The molecule has 152 valence electrons. The summed E-state index contributed by atoms with van der Waals surface area (Å²) in [5.74, 6) is -1.27. The van der Waals surface area contributed by atoms with Gasteiger partial charge in [0.25, 0.3) is 5.91 Å². The monoisotopic (exact) mass is 419 g/mol. The number of carboxylic acid groups (broad SMARTS) is 1. The van der Waals surface area contributed by atoms with Crippen molar-refractivity contribution in [3.05, 3.63) is 106 Å². The number of hydrogen-bond acceptors (Lipinski definition) is 2. The third kappa shape index (κ3) is 4.10. The van der Waals surface area contributed by atoms with Crippen LogP contribution >= 0.6 is 11.6 Å². The normalized spacial score (nSPS) is 18.4. The molecule has 1 aliphatic rings. The van der Waals surface area contributed by atoms with E-state index in [1.54, 1.807) is 18.2 Å². The molecule has 0 radical (unpaired) electrons. The Balaban J connectivity index is 1.60. The van der Waals surface area contributed by atoms with Crippen molar-refractivity contribution in [2.24, 2.45) is 0 Å². The molecule has 0 aliphatic carbocycles. The molecule has 1 fully saturated rings. The van der Waals surface area contributed by atoms with Gasteiger partial charge in [-0.1, -0.05) is 72.3 Å². The number of likely N-dealkylation sites (tertiary alicyclic amines) is 1. The van der Waals surface area contributed by atoms with Crippen LogP contribution in [0.25, 0.3) is 0 Å². The molecule has 0 spiro atoms. The van der Waals surface area contributed by atoms with Crippen LogP contribution in [0.5, 0.6) is 0 Å². The summed E-state index contributed by atoms with van der Waals surface area (Å²) in [6.07, 6.45) is 1.75. The first-order valence-corrected chi connectivity index (χ1v) is 10.3. The fraction of sp³-hybridized carbons (Fsp3) is 0.200. The quantitative estimate of drug-likeness (QED) is 0.605. The number of nitrogens with zero attached hydrogens (tertiary/aromatic N) is 1. The highest BCUT2D eigenvalue weighted by Crippen LogP contribution is 2.40. The van der Waals surface area contributed by atoms with E-state index in [2.05, 4.69) is 12.1 Å². The van der Waals surface area contributed by atoms with Gasteiger partial charge in [0.1, 0.15) is 6.04 Å². The van der Waals surface area contributed by atoms with E-state index in [1.165, 1.54) is 10.5 Å². The Labute approximate surface area is 180 Å². The summed E-state index contributed by atoms with van der Waals surface area (Å²) < 4.78 is 0. The zero-order chi connectivity index (χ0) is 21.1. The molecule has 1 saturated heterocycles. The topological polar surface area (TPSA) is 57.6 Å². The third-order valence-electron chi connectivity index (χ3n) is 5.62. The van der Waals surface area contributed by atoms with E-state index in [9.17, 15) is 14.7 Å². The Morgan fingerprint density at radius 3 is 2.17 bits per heavy atom. The highest BCUT2D eigenvalue weighted by Gasteiger charge is 2.42. The largest absolute Gasteiger partial charge is 0.480 e. The fourth-order valence-corrected chi connectivity index (χ4v) is 4.39. The summed E-state index contributed by atoms with van der Waals surface area (Å²) in [5.41, 5.74) is 3.56. The number of carbonyl (C=O) groups is 2. The number of aliphatic carboxylic acids is 1. The number of rotatable bonds is 5. The summed E-state index contributed by atoms with van der Waals surface area (Å²) >= 11 is 6.36. The van der Waals surface area contributed by atoms with Crippen molar-refractivity contribution in [3.8, 4) is 0 Å². The van der Waals surface area contributed by atoms with Crippen molar-refractivity contribution in [1.29, 1.82) is 0 Å². The molecular weight excluding hydrogens is 398 g/mol. The van der Waals surface area contributed by atoms with E-state index in [-0.39, 0.29) is 11.9 Å². The fourth-order valence-electron chi connectivity index (χ4n) is 4.13. The second-order valence-corrected chi connectivity index (χ2v) is 7.95. The molecule has 3 aromatic carbocycles. The molecule has 1 heterocycles. The molecule has 5 heteroatoms. The SMILES string of the molecule is O=C(O)C1CCC(c2ccccc2Cl)N1C(=O)c1ccc(Cc2ccccc2)cc1. The van der Waals surface area contributed by atoms with E-state index in [4.69, 9.17) is 11.6 Å². The smallest absolute Gasteiger partial charge is 0.326 e. The first-order valence-electron chi connectivity index (χ1n) is 9.97. The van der Waals surface area contributed by atoms with Gasteiger partial charge >= 0.3 is 5.97 Å². The standard InChI is InChI=1S/C25H22ClNO3/c26-21-9-5-4-8-20(21)22-14-15-23(25(29)30)27(22)24(28)19-12-10-18(11-13-19)16-17-6-2-1-3-7-17/h1-13,22-23H,14-16H2,(H,29,30). The average Bonchev–Trinajstić information content (AvgIpc) is 3.20. The van der Waals surface area contributed by atoms with E-state index in [1.807, 2.05) is 48.5 Å². The predicted molar refractivity (Wildman–Crippen MR) is 117 cm³/mol. The number of amides is 1. The van der Waals surface area contributed by atoms with Gasteiger partial charge in [-0.05, 0) is 54.2 Å². The van der Waals surface area contributed by atoms with Crippen molar-refractivity contribution in [2.75, 3.05) is 0 Å². The van der Waals surface area contributed by atoms with E-state index in [0.717, 1.165) is 17.5 Å². The van der Waals surface area contributed by atoms with Gasteiger partial charge in [-0.25, -0.2) is 4.79 Å². The van der Waals surface area contributed by atoms with Gasteiger partial charge in [-0.15, -0.1) is 0 Å². The average molecular weight is 420 g/mol. The molecule has 1 N–H and O–H groups in total. The van der Waals surface area contributed by atoms with Gasteiger partial charge in [-0.2, -0.15) is 0 Å². The maximum absolute atomic E-state index is 13.3. The van der Waals surface area contributed by atoms with Gasteiger partial charge in [0.05, 0.1) is 6.04 Å². The van der Waals surface area contributed by atoms with Crippen LogP contribution in [0.1, 0.15) is 45.9 Å². The van der Waals surface area contributed by atoms with Crippen molar-refractivity contribution >= 4 is 23.5 Å². The van der Waals surface area contributed by atoms with E-state index in [0.29, 0.717) is 23.4 Å². The first-order chi connectivity index (χ1) is 14.5. The number of carbonyl (C=O) groups excluding carboxylic acids is 1. The molecule has 2 atom stereocenters. The van der Waals surface area contributed by atoms with E-state index < -0.39 is 12.0 Å². The highest BCUT2D eigenvalue weighted by molar-refractivity contribution is 6.31. The Bertz CT molecular complexity index is 1050. The second-order valence-electron chi connectivity index (χ2n) is 7.54. The van der Waals surface area contributed by atoms with E-state index >= 15 is 0 Å². The summed E-state index contributed by atoms with van der Waals surface area (Å²) in [5, 5.41) is 10.2. The number of benzene rings is 3. The maximum Gasteiger partial charge on any atom is 0.326 e. The second kappa shape index (κ2) is 8.72. The molecule has 1 aliphatic heterocycles. The van der Waals surface area contributed by atoms with Gasteiger partial charge in [0, 0.05) is 10.6 Å². The third-order valence-corrected chi connectivity index (χ3v) is 5.97. The lowest BCUT2D eigenvalue weighted by molar-refractivity contribution is -0.141. The molecule has 0 bridgehead atoms. The molecule has 4 rings (SSSR count). The minimum Gasteiger partial charge on any atom is -0.480 e. The van der Waals surface area contributed by atoms with Crippen molar-refractivity contribution in [3.63, 3.8) is 0 Å². The van der Waals surface area contributed by atoms with Gasteiger partial charge in [-0.3, -0.25) is 4.79 Å². The highest BCUT2D eigenvalue weighted by atomic mass is 35.5. The van der Waals surface area contributed by atoms with Crippen molar-refractivity contribution < 1.29 is 14.7 Å². The Kier molecular flexibility index (Phi) is 5.86. The zero-order valence-electron chi connectivity index (χ0n) is 16.4. The van der Waals surface area contributed by atoms with Crippen LogP contribution in [0.4, 0.5) is 0 Å². The maximum atomic E-state index is 13.3. The van der Waals surface area contributed by atoms with Crippen LogP contribution in [0.15, 0.2) is 78.9 Å². The molecular formula is C25H22ClNO3. The van der Waals surface area contributed by atoms with Crippen molar-refractivity contribution in [1.82, 2.24) is 4.90 Å². The summed E-state index contributed by atoms with van der Waals surface area (Å²) in [6, 6.07) is 23.6. The lowest BCUT2D eigenvalue weighted by Crippen LogP contribution is -2.41. The van der Waals surface area contributed by atoms with Crippen LogP contribution in [0, 0.1) is 0 Å². The Morgan fingerprint density at radius 2 is 1.50 bits per heavy atom. The minimum absolute atomic E-state index is 0.281.